The second-order valence-corrected chi connectivity index (χ2v) is 8.49. The number of benzene rings is 2. The van der Waals surface area contributed by atoms with Crippen molar-refractivity contribution in [2.75, 3.05) is 5.32 Å². The van der Waals surface area contributed by atoms with E-state index in [9.17, 15) is 22.8 Å². The average Bonchev–Trinajstić information content (AvgIpc) is 3.53. The molecule has 0 aliphatic heterocycles. The largest absolute Gasteiger partial charge is 0.471 e. The molecular weight excluding hydrogens is 459 g/mol. The third kappa shape index (κ3) is 4.62. The van der Waals surface area contributed by atoms with Crippen LogP contribution in [0.15, 0.2) is 77.4 Å². The minimum atomic E-state index is -4.92. The van der Waals surface area contributed by atoms with Gasteiger partial charge in [-0.3, -0.25) is 9.59 Å². The number of nitrogens with zero attached hydrogens (tertiary/aromatic N) is 1. The number of fused-ring (bicyclic) bond motifs is 1. The molecule has 2 heterocycles. The predicted molar refractivity (Wildman–Crippen MR) is 123 cm³/mol. The molecule has 1 fully saturated rings. The topological polar surface area (TPSA) is 84.2 Å². The van der Waals surface area contributed by atoms with E-state index in [1.54, 1.807) is 48.7 Å². The van der Waals surface area contributed by atoms with Crippen molar-refractivity contribution in [2.45, 2.75) is 31.0 Å². The van der Waals surface area contributed by atoms with Gasteiger partial charge in [-0.1, -0.05) is 42.5 Å². The molecule has 0 unspecified atom stereocenters. The molecule has 4 aromatic rings. The number of halogens is 3. The summed E-state index contributed by atoms with van der Waals surface area (Å²) in [4.78, 5) is 28.7. The third-order valence-electron chi connectivity index (χ3n) is 6.14. The summed E-state index contributed by atoms with van der Waals surface area (Å²) in [5, 5.41) is 5.74. The van der Waals surface area contributed by atoms with Crippen molar-refractivity contribution in [1.82, 2.24) is 10.3 Å². The zero-order valence-corrected chi connectivity index (χ0v) is 18.4. The number of anilines is 1. The van der Waals surface area contributed by atoms with Crippen LogP contribution in [-0.4, -0.2) is 23.0 Å². The highest BCUT2D eigenvalue weighted by molar-refractivity contribution is 6.01. The van der Waals surface area contributed by atoms with Gasteiger partial charge in [0.1, 0.15) is 11.4 Å². The molecule has 0 radical (unpaired) electrons. The Balaban J connectivity index is 1.28. The Morgan fingerprint density at radius 2 is 1.77 bits per heavy atom. The summed E-state index contributed by atoms with van der Waals surface area (Å²) in [6.07, 6.45) is -1.83. The summed E-state index contributed by atoms with van der Waals surface area (Å²) in [6, 6.07) is 19.5. The smallest absolute Gasteiger partial charge is 0.464 e. The molecular formula is C26H20F3N3O3. The summed E-state index contributed by atoms with van der Waals surface area (Å²) in [6.45, 7) is -0.242. The van der Waals surface area contributed by atoms with E-state index in [-0.39, 0.29) is 12.5 Å². The van der Waals surface area contributed by atoms with E-state index in [0.29, 0.717) is 17.1 Å². The van der Waals surface area contributed by atoms with Crippen LogP contribution in [0.3, 0.4) is 0 Å². The van der Waals surface area contributed by atoms with Crippen LogP contribution in [0, 0.1) is 0 Å². The number of carbonyl (C=O) groups is 2. The molecule has 178 valence electrons. The van der Waals surface area contributed by atoms with Crippen LogP contribution in [0.5, 0.6) is 0 Å². The van der Waals surface area contributed by atoms with Gasteiger partial charge in [0.05, 0.1) is 17.4 Å². The van der Waals surface area contributed by atoms with Crippen LogP contribution < -0.4 is 10.6 Å². The molecule has 9 heteroatoms. The zero-order chi connectivity index (χ0) is 24.6. The van der Waals surface area contributed by atoms with Gasteiger partial charge < -0.3 is 15.1 Å². The summed E-state index contributed by atoms with van der Waals surface area (Å²) >= 11 is 0. The fourth-order valence-corrected chi connectivity index (χ4v) is 4.00. The first-order valence-electron chi connectivity index (χ1n) is 11.0. The number of rotatable bonds is 6. The zero-order valence-electron chi connectivity index (χ0n) is 18.4. The maximum Gasteiger partial charge on any atom is 0.471 e. The van der Waals surface area contributed by atoms with Gasteiger partial charge in [0.25, 0.3) is 0 Å². The van der Waals surface area contributed by atoms with Crippen molar-refractivity contribution in [3.8, 4) is 11.3 Å². The highest BCUT2D eigenvalue weighted by atomic mass is 19.4. The lowest BCUT2D eigenvalue weighted by molar-refractivity contribution is -0.173. The molecule has 2 N–H and O–H groups in total. The Hall–Kier alpha value is -4.14. The number of pyridine rings is 1. The van der Waals surface area contributed by atoms with Gasteiger partial charge in [-0.05, 0) is 48.2 Å². The van der Waals surface area contributed by atoms with Crippen molar-refractivity contribution in [1.29, 1.82) is 0 Å². The van der Waals surface area contributed by atoms with Gasteiger partial charge in [0.2, 0.25) is 5.91 Å². The first kappa shape index (κ1) is 22.6. The van der Waals surface area contributed by atoms with Crippen molar-refractivity contribution in [3.05, 3.63) is 84.1 Å². The molecule has 0 spiro atoms. The molecule has 0 bridgehead atoms. The summed E-state index contributed by atoms with van der Waals surface area (Å²) in [5.41, 5.74) is 2.86. The summed E-state index contributed by atoms with van der Waals surface area (Å²) in [7, 11) is 0. The van der Waals surface area contributed by atoms with Crippen molar-refractivity contribution < 1.29 is 27.2 Å². The molecule has 1 aliphatic carbocycles. The Labute approximate surface area is 198 Å². The quantitative estimate of drug-likeness (QED) is 0.391. The Morgan fingerprint density at radius 3 is 2.49 bits per heavy atom. The molecule has 2 amide bonds. The van der Waals surface area contributed by atoms with Gasteiger partial charge >= 0.3 is 12.1 Å². The normalized spacial score (nSPS) is 14.5. The first-order valence-corrected chi connectivity index (χ1v) is 11.0. The molecule has 1 aliphatic rings. The van der Waals surface area contributed by atoms with Crippen LogP contribution in [0.2, 0.25) is 0 Å². The van der Waals surface area contributed by atoms with Crippen LogP contribution in [0.25, 0.3) is 22.2 Å². The molecule has 0 saturated heterocycles. The maximum absolute atomic E-state index is 13.2. The minimum Gasteiger partial charge on any atom is -0.464 e. The summed E-state index contributed by atoms with van der Waals surface area (Å²) in [5.74, 6) is -1.72. The van der Waals surface area contributed by atoms with E-state index in [1.807, 2.05) is 29.6 Å². The number of hydrogen-bond donors (Lipinski definition) is 2. The van der Waals surface area contributed by atoms with Gasteiger partial charge in [-0.25, -0.2) is 4.98 Å². The van der Waals surface area contributed by atoms with E-state index in [2.05, 4.69) is 10.3 Å². The Morgan fingerprint density at radius 1 is 1.00 bits per heavy atom. The third-order valence-corrected chi connectivity index (χ3v) is 6.14. The van der Waals surface area contributed by atoms with E-state index >= 15 is 0 Å². The number of hydrogen-bond acceptors (Lipinski definition) is 4. The lowest BCUT2D eigenvalue weighted by Gasteiger charge is -2.16. The summed E-state index contributed by atoms with van der Waals surface area (Å²) < 4.78 is 42.5. The van der Waals surface area contributed by atoms with Gasteiger partial charge in [0.15, 0.2) is 0 Å². The molecule has 35 heavy (non-hydrogen) atoms. The molecule has 5 rings (SSSR count). The predicted octanol–water partition coefficient (Wildman–Crippen LogP) is 5.34. The number of aromatic nitrogens is 1. The molecule has 6 nitrogen and oxygen atoms in total. The van der Waals surface area contributed by atoms with Gasteiger partial charge in [-0.15, -0.1) is 0 Å². The Bertz CT molecular complexity index is 1410. The van der Waals surface area contributed by atoms with Crippen molar-refractivity contribution >= 4 is 28.6 Å². The van der Waals surface area contributed by atoms with Crippen LogP contribution in [-0.2, 0) is 21.5 Å². The van der Waals surface area contributed by atoms with Crippen molar-refractivity contribution in [3.63, 3.8) is 0 Å². The van der Waals surface area contributed by atoms with Crippen LogP contribution in [0.4, 0.5) is 19.0 Å². The molecule has 0 atom stereocenters. The lowest BCUT2D eigenvalue weighted by atomic mass is 9.94. The number of carbonyl (C=O) groups excluding carboxylic acids is 2. The van der Waals surface area contributed by atoms with Crippen molar-refractivity contribution in [2.24, 2.45) is 0 Å². The molecule has 2 aromatic heterocycles. The number of furan rings is 1. The van der Waals surface area contributed by atoms with E-state index in [0.717, 1.165) is 34.9 Å². The van der Waals surface area contributed by atoms with Gasteiger partial charge in [-0.2, -0.15) is 13.2 Å². The first-order chi connectivity index (χ1) is 16.7. The molecule has 2 aromatic carbocycles. The standard InChI is InChI=1S/C26H20F3N3O3/c27-26(28,29)24(34)30-15-16-4-6-17(7-5-16)20-2-1-3-22(31-20)32-23(33)25(11-12-25)19-9-8-18-10-13-35-21(18)14-19/h1-10,13-14H,11-12,15H2,(H,30,34)(H,31,32,33). The lowest BCUT2D eigenvalue weighted by Crippen LogP contribution is -2.36. The second kappa shape index (κ2) is 8.57. The Kier molecular flexibility index (Phi) is 5.55. The number of alkyl halides is 3. The minimum absolute atomic E-state index is 0.135. The highest BCUT2D eigenvalue weighted by Crippen LogP contribution is 2.49. The monoisotopic (exact) mass is 479 g/mol. The van der Waals surface area contributed by atoms with Crippen LogP contribution in [0.1, 0.15) is 24.0 Å². The van der Waals surface area contributed by atoms with Crippen LogP contribution >= 0.6 is 0 Å². The highest BCUT2D eigenvalue weighted by Gasteiger charge is 2.51. The van der Waals surface area contributed by atoms with E-state index in [4.69, 9.17) is 4.42 Å². The van der Waals surface area contributed by atoms with Gasteiger partial charge in [0, 0.05) is 17.5 Å². The number of amides is 2. The van der Waals surface area contributed by atoms with E-state index in [1.165, 1.54) is 0 Å². The fourth-order valence-electron chi connectivity index (χ4n) is 4.00. The SMILES string of the molecule is O=C(NCc1ccc(-c2cccc(NC(=O)C3(c4ccc5ccoc5c4)CC3)n2)cc1)C(F)(F)F. The molecule has 1 saturated carbocycles. The fraction of sp³-hybridized carbons (Fsp3) is 0.192. The number of nitrogens with one attached hydrogen (secondary N) is 2. The second-order valence-electron chi connectivity index (χ2n) is 8.49. The average molecular weight is 479 g/mol. The maximum atomic E-state index is 13.2. The van der Waals surface area contributed by atoms with E-state index < -0.39 is 17.5 Å².